The van der Waals surface area contributed by atoms with Crippen LogP contribution in [0.4, 0.5) is 0 Å². The van der Waals surface area contributed by atoms with Crippen molar-refractivity contribution in [3.05, 3.63) is 22.4 Å². The highest BCUT2D eigenvalue weighted by atomic mass is 32.1. The fourth-order valence-corrected chi connectivity index (χ4v) is 3.37. The second kappa shape index (κ2) is 6.66. The molecule has 0 amide bonds. The smallest absolute Gasteiger partial charge is 0.0876 e. The Hall–Kier alpha value is -0.420. The largest absolute Gasteiger partial charge is 0.381 e. The Balaban J connectivity index is 1.92. The first-order chi connectivity index (χ1) is 8.77. The molecule has 1 saturated heterocycles. The number of nitrogens with two attached hydrogens (primary N) is 1. The summed E-state index contributed by atoms with van der Waals surface area (Å²) in [5.74, 6) is 0. The lowest BCUT2D eigenvalue weighted by atomic mass is 9.84. The van der Waals surface area contributed by atoms with Crippen LogP contribution in [0.3, 0.4) is 0 Å². The van der Waals surface area contributed by atoms with E-state index in [1.54, 1.807) is 11.3 Å². The van der Waals surface area contributed by atoms with E-state index in [4.69, 9.17) is 15.2 Å². The molecule has 102 valence electrons. The molecule has 1 aromatic heterocycles. The van der Waals surface area contributed by atoms with Crippen molar-refractivity contribution in [2.75, 3.05) is 19.8 Å². The summed E-state index contributed by atoms with van der Waals surface area (Å²) in [4.78, 5) is 1.41. The molecule has 1 fully saturated rings. The molecule has 2 rings (SSSR count). The summed E-state index contributed by atoms with van der Waals surface area (Å²) in [6.45, 7) is 4.31. The van der Waals surface area contributed by atoms with Crippen LogP contribution in [0.1, 0.15) is 31.1 Å². The van der Waals surface area contributed by atoms with Crippen molar-refractivity contribution in [1.82, 2.24) is 0 Å². The minimum absolute atomic E-state index is 0.100. The fraction of sp³-hybridized carbons (Fsp3) is 0.714. The molecule has 1 unspecified atom stereocenters. The van der Waals surface area contributed by atoms with Gasteiger partial charge in [0.2, 0.25) is 0 Å². The molecule has 2 heterocycles. The van der Waals surface area contributed by atoms with Gasteiger partial charge in [0.05, 0.1) is 5.60 Å². The fourth-order valence-electron chi connectivity index (χ4n) is 2.64. The van der Waals surface area contributed by atoms with Crippen molar-refractivity contribution in [1.29, 1.82) is 0 Å². The number of rotatable bonds is 6. The van der Waals surface area contributed by atoms with E-state index in [0.29, 0.717) is 0 Å². The van der Waals surface area contributed by atoms with E-state index in [2.05, 4.69) is 17.5 Å². The lowest BCUT2D eigenvalue weighted by Crippen LogP contribution is -2.53. The summed E-state index contributed by atoms with van der Waals surface area (Å²) in [7, 11) is 0. The highest BCUT2D eigenvalue weighted by Crippen LogP contribution is 2.30. The summed E-state index contributed by atoms with van der Waals surface area (Å²) in [5, 5.41) is 2.12. The minimum Gasteiger partial charge on any atom is -0.381 e. The molecule has 2 N–H and O–H groups in total. The Morgan fingerprint density at radius 1 is 1.50 bits per heavy atom. The summed E-state index contributed by atoms with van der Waals surface area (Å²) in [6.07, 6.45) is 3.88. The van der Waals surface area contributed by atoms with Crippen molar-refractivity contribution in [2.24, 2.45) is 5.73 Å². The standard InChI is InChI=1S/C14H23NO2S/c1-2-17-14(7-9-16-10-8-14)13(15)6-5-12-4-3-11-18-12/h3-4,11,13H,2,5-10,15H2,1H3. The molecule has 1 aliphatic rings. The van der Waals surface area contributed by atoms with Gasteiger partial charge in [-0.2, -0.15) is 0 Å². The van der Waals surface area contributed by atoms with Crippen LogP contribution in [0, 0.1) is 0 Å². The minimum atomic E-state index is -0.162. The SMILES string of the molecule is CCOC1(C(N)CCc2cccs2)CCOCC1. The van der Waals surface area contributed by atoms with E-state index < -0.39 is 0 Å². The zero-order valence-electron chi connectivity index (χ0n) is 11.1. The van der Waals surface area contributed by atoms with Crippen molar-refractivity contribution in [3.63, 3.8) is 0 Å². The van der Waals surface area contributed by atoms with Crippen LogP contribution in [0.5, 0.6) is 0 Å². The summed E-state index contributed by atoms with van der Waals surface area (Å²) >= 11 is 1.80. The Kier molecular flexibility index (Phi) is 5.18. The summed E-state index contributed by atoms with van der Waals surface area (Å²) < 4.78 is 11.4. The van der Waals surface area contributed by atoms with Crippen molar-refractivity contribution < 1.29 is 9.47 Å². The lowest BCUT2D eigenvalue weighted by Gasteiger charge is -2.41. The van der Waals surface area contributed by atoms with Crippen LogP contribution in [0.2, 0.25) is 0 Å². The maximum Gasteiger partial charge on any atom is 0.0876 e. The highest BCUT2D eigenvalue weighted by Gasteiger charge is 2.38. The van der Waals surface area contributed by atoms with Crippen LogP contribution < -0.4 is 5.73 Å². The van der Waals surface area contributed by atoms with Crippen molar-refractivity contribution in [2.45, 2.75) is 44.2 Å². The van der Waals surface area contributed by atoms with Gasteiger partial charge in [0.15, 0.2) is 0 Å². The molecule has 0 saturated carbocycles. The molecule has 3 nitrogen and oxygen atoms in total. The zero-order valence-corrected chi connectivity index (χ0v) is 11.9. The summed E-state index contributed by atoms with van der Waals surface area (Å²) in [5.41, 5.74) is 6.25. The van der Waals surface area contributed by atoms with Gasteiger partial charge >= 0.3 is 0 Å². The van der Waals surface area contributed by atoms with E-state index in [1.807, 2.05) is 6.92 Å². The lowest BCUT2D eigenvalue weighted by molar-refractivity contribution is -0.121. The second-order valence-corrected chi connectivity index (χ2v) is 5.87. The molecule has 0 radical (unpaired) electrons. The van der Waals surface area contributed by atoms with Gasteiger partial charge in [-0.3, -0.25) is 0 Å². The Morgan fingerprint density at radius 3 is 2.89 bits per heavy atom. The highest BCUT2D eigenvalue weighted by molar-refractivity contribution is 7.09. The average Bonchev–Trinajstić information content (AvgIpc) is 2.90. The van der Waals surface area contributed by atoms with E-state index in [9.17, 15) is 0 Å². The van der Waals surface area contributed by atoms with E-state index in [0.717, 1.165) is 45.5 Å². The number of thiophene rings is 1. The topological polar surface area (TPSA) is 44.5 Å². The number of aryl methyl sites for hydroxylation is 1. The molecule has 0 aliphatic carbocycles. The number of hydrogen-bond acceptors (Lipinski definition) is 4. The predicted octanol–water partition coefficient (Wildman–Crippen LogP) is 2.59. The maximum atomic E-state index is 6.41. The molecule has 0 spiro atoms. The average molecular weight is 269 g/mol. The Morgan fingerprint density at radius 2 is 2.28 bits per heavy atom. The third kappa shape index (κ3) is 3.32. The zero-order chi connectivity index (χ0) is 12.8. The third-order valence-electron chi connectivity index (χ3n) is 3.73. The Bertz CT molecular complexity index is 328. The van der Waals surface area contributed by atoms with Gasteiger partial charge in [0.1, 0.15) is 0 Å². The quantitative estimate of drug-likeness (QED) is 0.863. The van der Waals surface area contributed by atoms with Crippen LogP contribution in [0.25, 0.3) is 0 Å². The van der Waals surface area contributed by atoms with Crippen molar-refractivity contribution >= 4 is 11.3 Å². The third-order valence-corrected chi connectivity index (χ3v) is 4.66. The number of hydrogen-bond donors (Lipinski definition) is 1. The molecule has 4 heteroatoms. The van der Waals surface area contributed by atoms with E-state index in [1.165, 1.54) is 4.88 Å². The molecule has 1 atom stereocenters. The first-order valence-electron chi connectivity index (χ1n) is 6.76. The second-order valence-electron chi connectivity index (χ2n) is 4.83. The van der Waals surface area contributed by atoms with Gasteiger partial charge < -0.3 is 15.2 Å². The van der Waals surface area contributed by atoms with E-state index >= 15 is 0 Å². The molecule has 1 aliphatic heterocycles. The molecule has 18 heavy (non-hydrogen) atoms. The van der Waals surface area contributed by atoms with Crippen LogP contribution in [0.15, 0.2) is 17.5 Å². The van der Waals surface area contributed by atoms with Crippen LogP contribution in [-0.4, -0.2) is 31.5 Å². The first kappa shape index (κ1) is 14.0. The van der Waals surface area contributed by atoms with Crippen LogP contribution in [-0.2, 0) is 15.9 Å². The Labute approximate surface area is 113 Å². The van der Waals surface area contributed by atoms with Gasteiger partial charge in [-0.15, -0.1) is 11.3 Å². The summed E-state index contributed by atoms with van der Waals surface area (Å²) in [6, 6.07) is 4.37. The molecule has 1 aromatic rings. The van der Waals surface area contributed by atoms with E-state index in [-0.39, 0.29) is 11.6 Å². The van der Waals surface area contributed by atoms with Gasteiger partial charge in [-0.25, -0.2) is 0 Å². The maximum absolute atomic E-state index is 6.41. The molecular weight excluding hydrogens is 246 g/mol. The predicted molar refractivity (Wildman–Crippen MR) is 75.0 cm³/mol. The van der Waals surface area contributed by atoms with Gasteiger partial charge in [-0.05, 0) is 31.2 Å². The normalized spacial score (nSPS) is 20.8. The molecule has 0 aromatic carbocycles. The monoisotopic (exact) mass is 269 g/mol. The van der Waals surface area contributed by atoms with Crippen molar-refractivity contribution in [3.8, 4) is 0 Å². The number of ether oxygens (including phenoxy) is 2. The van der Waals surface area contributed by atoms with Gasteiger partial charge in [0.25, 0.3) is 0 Å². The van der Waals surface area contributed by atoms with Gasteiger partial charge in [-0.1, -0.05) is 6.07 Å². The van der Waals surface area contributed by atoms with Crippen LogP contribution >= 0.6 is 11.3 Å². The van der Waals surface area contributed by atoms with Gasteiger partial charge in [0, 0.05) is 43.6 Å². The molecule has 0 bridgehead atoms. The first-order valence-corrected chi connectivity index (χ1v) is 7.64. The molecular formula is C14H23NO2S.